The van der Waals surface area contributed by atoms with Gasteiger partial charge in [-0.3, -0.25) is 9.97 Å². The molecule has 0 saturated heterocycles. The van der Waals surface area contributed by atoms with Crippen molar-refractivity contribution in [3.63, 3.8) is 0 Å². The summed E-state index contributed by atoms with van der Waals surface area (Å²) in [5.41, 5.74) is -1.40. The summed E-state index contributed by atoms with van der Waals surface area (Å²) < 4.78 is 66.9. The van der Waals surface area contributed by atoms with Gasteiger partial charge < -0.3 is 15.0 Å². The molecule has 0 bridgehead atoms. The van der Waals surface area contributed by atoms with Crippen LogP contribution in [0.15, 0.2) is 48.8 Å². The van der Waals surface area contributed by atoms with Crippen molar-refractivity contribution in [2.24, 2.45) is 0 Å². The molecule has 0 aliphatic carbocycles. The Morgan fingerprint density at radius 3 is 2.09 bits per heavy atom. The van der Waals surface area contributed by atoms with Gasteiger partial charge in [0, 0.05) is 16.8 Å². The maximum atomic E-state index is 14.1. The van der Waals surface area contributed by atoms with Crippen LogP contribution in [-0.4, -0.2) is 19.9 Å². The first-order valence-corrected chi connectivity index (χ1v) is 9.32. The Morgan fingerprint density at radius 1 is 0.879 bits per heavy atom. The van der Waals surface area contributed by atoms with E-state index in [9.17, 15) is 22.0 Å². The largest absolute Gasteiger partial charge is 2.00 e. The molecule has 172 valence electrons. The Kier molecular flexibility index (Phi) is 6.79. The third kappa shape index (κ3) is 4.85. The monoisotopic (exact) mass is 638 g/mol. The van der Waals surface area contributed by atoms with Gasteiger partial charge in [-0.15, -0.1) is 6.07 Å². The number of halogens is 5. The van der Waals surface area contributed by atoms with E-state index in [1.807, 2.05) is 0 Å². The molecule has 0 amide bonds. The average molecular weight is 638 g/mol. The third-order valence-corrected chi connectivity index (χ3v) is 4.89. The number of alkyl halides is 3. The number of hydrogen-bond donors (Lipinski definition) is 0. The van der Waals surface area contributed by atoms with E-state index >= 15 is 0 Å². The van der Waals surface area contributed by atoms with E-state index in [1.165, 1.54) is 12.1 Å². The van der Waals surface area contributed by atoms with Crippen LogP contribution in [0.1, 0.15) is 30.9 Å². The summed E-state index contributed by atoms with van der Waals surface area (Å²) in [5, 5.41) is 0. The van der Waals surface area contributed by atoms with E-state index in [4.69, 9.17) is 0 Å². The first-order chi connectivity index (χ1) is 15.1. The standard InChI is InChI=1S/C22H14F5N5.Pt/c1-21(2,15-7-3-5-13(30-15)12-9-10-17(23)32-20(12)24)16-8-4-6-14(31-16)18-19(22(25,26)27)29-11-28-18;/h3-8,10-11H,1-2H3;/q-2;+2. The predicted molar refractivity (Wildman–Crippen MR) is 104 cm³/mol. The Morgan fingerprint density at radius 2 is 1.48 bits per heavy atom. The number of nitrogens with zero attached hydrogens (tertiary/aromatic N) is 5. The van der Waals surface area contributed by atoms with Gasteiger partial charge in [-0.25, -0.2) is 8.78 Å². The molecule has 0 radical (unpaired) electrons. The molecule has 4 aromatic rings. The second kappa shape index (κ2) is 9.09. The van der Waals surface area contributed by atoms with Crippen molar-refractivity contribution in [3.05, 3.63) is 83.8 Å². The molecular formula is C22H14F5N5Pt. The number of pyridine rings is 3. The Labute approximate surface area is 199 Å². The van der Waals surface area contributed by atoms with Gasteiger partial charge in [-0.1, -0.05) is 36.2 Å². The van der Waals surface area contributed by atoms with Gasteiger partial charge in [-0.05, 0) is 43.4 Å². The molecule has 0 aliphatic rings. The van der Waals surface area contributed by atoms with Crippen molar-refractivity contribution < 1.29 is 43.0 Å². The van der Waals surface area contributed by atoms with Crippen molar-refractivity contribution >= 4 is 0 Å². The molecule has 0 aromatic carbocycles. The minimum absolute atomic E-state index is 0. The molecule has 0 atom stereocenters. The normalized spacial score (nSPS) is 11.8. The first-order valence-electron chi connectivity index (χ1n) is 9.32. The van der Waals surface area contributed by atoms with Gasteiger partial charge >= 0.3 is 27.2 Å². The average Bonchev–Trinajstić information content (AvgIpc) is 3.25. The molecule has 0 saturated carbocycles. The summed E-state index contributed by atoms with van der Waals surface area (Å²) in [6.45, 7) is 3.55. The van der Waals surface area contributed by atoms with Gasteiger partial charge in [0.2, 0.25) is 0 Å². The Hall–Kier alpha value is -3.00. The van der Waals surface area contributed by atoms with Crippen LogP contribution in [0.4, 0.5) is 22.0 Å². The smallest absolute Gasteiger partial charge is 0.441 e. The molecular weight excluding hydrogens is 624 g/mol. The van der Waals surface area contributed by atoms with Crippen LogP contribution in [0.5, 0.6) is 0 Å². The molecule has 0 aliphatic heterocycles. The minimum Gasteiger partial charge on any atom is -0.441 e. The molecule has 0 N–H and O–H groups in total. The van der Waals surface area contributed by atoms with Crippen LogP contribution in [0.25, 0.3) is 22.6 Å². The molecule has 0 fully saturated rings. The van der Waals surface area contributed by atoms with Gasteiger partial charge in [0.05, 0.1) is 11.4 Å². The van der Waals surface area contributed by atoms with Crippen molar-refractivity contribution in [1.82, 2.24) is 24.9 Å². The summed E-state index contributed by atoms with van der Waals surface area (Å²) >= 11 is 0. The second-order valence-corrected chi connectivity index (χ2v) is 7.40. The van der Waals surface area contributed by atoms with Gasteiger partial charge in [0.1, 0.15) is 11.9 Å². The van der Waals surface area contributed by atoms with Crippen LogP contribution in [0.2, 0.25) is 0 Å². The van der Waals surface area contributed by atoms with Crippen LogP contribution >= 0.6 is 0 Å². The summed E-state index contributed by atoms with van der Waals surface area (Å²) in [6, 6.07) is 12.8. The summed E-state index contributed by atoms with van der Waals surface area (Å²) in [7, 11) is 0. The molecule has 4 heterocycles. The maximum absolute atomic E-state index is 14.1. The van der Waals surface area contributed by atoms with Gasteiger partial charge in [-0.2, -0.15) is 13.2 Å². The molecule has 0 unspecified atom stereocenters. The summed E-state index contributed by atoms with van der Waals surface area (Å²) in [6.07, 6.45) is -3.83. The van der Waals surface area contributed by atoms with Crippen LogP contribution in [0, 0.1) is 18.0 Å². The molecule has 0 spiro atoms. The van der Waals surface area contributed by atoms with Gasteiger partial charge in [0.25, 0.3) is 0 Å². The van der Waals surface area contributed by atoms with E-state index in [-0.39, 0.29) is 43.7 Å². The molecule has 4 aromatic heterocycles. The maximum Gasteiger partial charge on any atom is 2.00 e. The fourth-order valence-electron chi connectivity index (χ4n) is 3.18. The van der Waals surface area contributed by atoms with E-state index in [0.29, 0.717) is 11.4 Å². The number of hydrogen-bond acceptors (Lipinski definition) is 4. The summed E-state index contributed by atoms with van der Waals surface area (Å²) in [5.74, 6) is -2.06. The zero-order valence-corrected chi connectivity index (χ0v) is 19.3. The molecule has 11 heteroatoms. The van der Waals surface area contributed by atoms with Crippen LogP contribution < -0.4 is 4.98 Å². The predicted octanol–water partition coefficient (Wildman–Crippen LogP) is 4.98. The van der Waals surface area contributed by atoms with Crippen molar-refractivity contribution in [3.8, 4) is 22.6 Å². The zero-order valence-electron chi connectivity index (χ0n) is 17.1. The van der Waals surface area contributed by atoms with E-state index < -0.39 is 29.2 Å². The fraction of sp³-hybridized carbons (Fsp3) is 0.182. The second-order valence-electron chi connectivity index (χ2n) is 7.40. The quantitative estimate of drug-likeness (QED) is 0.179. The first kappa shape index (κ1) is 24.6. The van der Waals surface area contributed by atoms with E-state index in [1.54, 1.807) is 38.1 Å². The minimum atomic E-state index is -4.67. The Bertz CT molecular complexity index is 1290. The number of aromatic nitrogens is 5. The van der Waals surface area contributed by atoms with E-state index in [2.05, 4.69) is 31.0 Å². The van der Waals surface area contributed by atoms with Crippen LogP contribution in [-0.2, 0) is 32.7 Å². The third-order valence-electron chi connectivity index (χ3n) is 4.89. The van der Waals surface area contributed by atoms with Crippen molar-refractivity contribution in [2.45, 2.75) is 25.4 Å². The molecule has 5 nitrogen and oxygen atoms in total. The van der Waals surface area contributed by atoms with Crippen molar-refractivity contribution in [2.75, 3.05) is 0 Å². The van der Waals surface area contributed by atoms with Crippen molar-refractivity contribution in [1.29, 1.82) is 0 Å². The zero-order chi connectivity index (χ0) is 23.1. The fourth-order valence-corrected chi connectivity index (χ4v) is 3.18. The number of imidazole rings is 1. The molecule has 4 rings (SSSR count). The van der Waals surface area contributed by atoms with Crippen LogP contribution in [0.3, 0.4) is 0 Å². The topological polar surface area (TPSA) is 65.7 Å². The van der Waals surface area contributed by atoms with E-state index in [0.717, 1.165) is 12.4 Å². The number of rotatable bonds is 4. The Balaban J connectivity index is 0.00000306. The summed E-state index contributed by atoms with van der Waals surface area (Å²) in [4.78, 5) is 19.0. The SMILES string of the molecule is CC(C)(c1cccc(-c2[c-]cc(F)nc2F)n1)c1cccc(-c2[n-]cnc2C(F)(F)F)n1.[Pt+2]. The van der Waals surface area contributed by atoms with Gasteiger partial charge in [0.15, 0.2) is 0 Å². The molecule has 33 heavy (non-hydrogen) atoms.